The second kappa shape index (κ2) is 7.04. The van der Waals surface area contributed by atoms with Crippen LogP contribution in [0.15, 0.2) is 24.5 Å². The number of nitrogens with one attached hydrogen (secondary N) is 1. The summed E-state index contributed by atoms with van der Waals surface area (Å²) in [6.45, 7) is 4.35. The van der Waals surface area contributed by atoms with Crippen molar-refractivity contribution in [3.8, 4) is 0 Å². The molecule has 4 nitrogen and oxygen atoms in total. The van der Waals surface area contributed by atoms with Gasteiger partial charge in [-0.25, -0.2) is 0 Å². The zero-order chi connectivity index (χ0) is 13.6. The number of pyridine rings is 1. The van der Waals surface area contributed by atoms with Gasteiger partial charge in [0.15, 0.2) is 0 Å². The second-order valence-corrected chi connectivity index (χ2v) is 5.84. The number of hydrogen-bond donors (Lipinski definition) is 1. The van der Waals surface area contributed by atoms with Crippen molar-refractivity contribution in [2.24, 2.45) is 0 Å². The highest BCUT2D eigenvalue weighted by Crippen LogP contribution is 2.19. The highest BCUT2D eigenvalue weighted by Gasteiger charge is 2.20. The molecule has 0 bridgehead atoms. The van der Waals surface area contributed by atoms with Crippen LogP contribution in [0.5, 0.6) is 0 Å². The maximum Gasteiger partial charge on any atom is 0.0588 e. The van der Waals surface area contributed by atoms with Crippen molar-refractivity contribution in [2.75, 3.05) is 31.1 Å². The topological polar surface area (TPSA) is 37.4 Å². The highest BCUT2D eigenvalue weighted by atomic mass is 16.5. The number of anilines is 1. The first-order chi connectivity index (χ1) is 9.92. The van der Waals surface area contributed by atoms with E-state index in [0.717, 1.165) is 26.2 Å². The van der Waals surface area contributed by atoms with Crippen molar-refractivity contribution in [1.29, 1.82) is 0 Å². The number of ether oxygens (including phenoxy) is 1. The van der Waals surface area contributed by atoms with Gasteiger partial charge in [-0.2, -0.15) is 0 Å². The van der Waals surface area contributed by atoms with Crippen LogP contribution in [0.1, 0.15) is 32.1 Å². The Kier molecular flexibility index (Phi) is 4.87. The minimum atomic E-state index is 0.513. The maximum atomic E-state index is 5.66. The number of aromatic nitrogens is 1. The SMILES string of the molecule is c1cc(N2CCC(NCCC3CCCO3)CC2)ccn1. The van der Waals surface area contributed by atoms with Crippen molar-refractivity contribution < 1.29 is 4.74 Å². The van der Waals surface area contributed by atoms with Crippen LogP contribution < -0.4 is 10.2 Å². The molecule has 1 N–H and O–H groups in total. The van der Waals surface area contributed by atoms with Crippen LogP contribution in [-0.2, 0) is 4.74 Å². The third-order valence-electron chi connectivity index (χ3n) is 4.45. The smallest absolute Gasteiger partial charge is 0.0588 e. The molecule has 2 aliphatic rings. The van der Waals surface area contributed by atoms with Gasteiger partial charge in [0.05, 0.1) is 6.10 Å². The molecule has 0 spiro atoms. The molecule has 1 aromatic heterocycles. The minimum Gasteiger partial charge on any atom is -0.378 e. The van der Waals surface area contributed by atoms with Crippen LogP contribution in [0.4, 0.5) is 5.69 Å². The van der Waals surface area contributed by atoms with Gasteiger partial charge in [-0.15, -0.1) is 0 Å². The molecule has 3 heterocycles. The van der Waals surface area contributed by atoms with E-state index >= 15 is 0 Å². The van der Waals surface area contributed by atoms with Crippen molar-refractivity contribution in [3.63, 3.8) is 0 Å². The summed E-state index contributed by atoms with van der Waals surface area (Å²) in [5, 5.41) is 3.70. The van der Waals surface area contributed by atoms with Gasteiger partial charge in [0.2, 0.25) is 0 Å². The number of nitrogens with zero attached hydrogens (tertiary/aromatic N) is 2. The van der Waals surface area contributed by atoms with E-state index in [2.05, 4.69) is 27.3 Å². The van der Waals surface area contributed by atoms with Crippen LogP contribution in [0, 0.1) is 0 Å². The van der Waals surface area contributed by atoms with E-state index in [1.54, 1.807) is 0 Å². The van der Waals surface area contributed by atoms with Crippen LogP contribution in [0.3, 0.4) is 0 Å². The summed E-state index contributed by atoms with van der Waals surface area (Å²) in [6.07, 6.45) is 10.4. The molecule has 0 radical (unpaired) electrons. The Hall–Kier alpha value is -1.13. The lowest BCUT2D eigenvalue weighted by atomic mass is 10.0. The van der Waals surface area contributed by atoms with Crippen LogP contribution in [0.25, 0.3) is 0 Å². The number of piperidine rings is 1. The van der Waals surface area contributed by atoms with Crippen LogP contribution in [0.2, 0.25) is 0 Å². The highest BCUT2D eigenvalue weighted by molar-refractivity contribution is 5.44. The van der Waals surface area contributed by atoms with E-state index in [9.17, 15) is 0 Å². The van der Waals surface area contributed by atoms with Gasteiger partial charge in [0.1, 0.15) is 0 Å². The van der Waals surface area contributed by atoms with Gasteiger partial charge >= 0.3 is 0 Å². The Balaban J connectivity index is 1.36. The van der Waals surface area contributed by atoms with E-state index in [4.69, 9.17) is 4.74 Å². The van der Waals surface area contributed by atoms with Gasteiger partial charge in [-0.3, -0.25) is 4.98 Å². The van der Waals surface area contributed by atoms with Gasteiger partial charge in [-0.05, 0) is 50.8 Å². The third-order valence-corrected chi connectivity index (χ3v) is 4.45. The molecule has 3 rings (SSSR count). The maximum absolute atomic E-state index is 5.66. The van der Waals surface area contributed by atoms with Gasteiger partial charge in [-0.1, -0.05) is 0 Å². The molecule has 2 fully saturated rings. The lowest BCUT2D eigenvalue weighted by Crippen LogP contribution is -2.43. The summed E-state index contributed by atoms with van der Waals surface area (Å²) >= 11 is 0. The van der Waals surface area contributed by atoms with E-state index in [-0.39, 0.29) is 0 Å². The predicted molar refractivity (Wildman–Crippen MR) is 81.1 cm³/mol. The summed E-state index contributed by atoms with van der Waals surface area (Å²) in [6, 6.07) is 4.88. The van der Waals surface area contributed by atoms with Crippen molar-refractivity contribution in [3.05, 3.63) is 24.5 Å². The first-order valence-electron chi connectivity index (χ1n) is 7.92. The van der Waals surface area contributed by atoms with Crippen molar-refractivity contribution in [1.82, 2.24) is 10.3 Å². The lowest BCUT2D eigenvalue weighted by molar-refractivity contribution is 0.103. The predicted octanol–water partition coefficient (Wildman–Crippen LogP) is 2.21. The Bertz CT molecular complexity index is 384. The Morgan fingerprint density at radius 2 is 2.00 bits per heavy atom. The molecule has 2 aliphatic heterocycles. The molecule has 0 aliphatic carbocycles. The van der Waals surface area contributed by atoms with E-state index in [0.29, 0.717) is 12.1 Å². The fourth-order valence-corrected chi connectivity index (χ4v) is 3.22. The molecular weight excluding hydrogens is 250 g/mol. The van der Waals surface area contributed by atoms with Crippen molar-refractivity contribution in [2.45, 2.75) is 44.2 Å². The molecule has 110 valence electrons. The normalized spacial score (nSPS) is 24.2. The fourth-order valence-electron chi connectivity index (χ4n) is 3.22. The second-order valence-electron chi connectivity index (χ2n) is 5.84. The standard InChI is InChI=1S/C16H25N3O/c1-2-16(20-13-1)5-10-18-14-6-11-19(12-7-14)15-3-8-17-9-4-15/h3-4,8-9,14,16,18H,1-2,5-7,10-13H2. The molecule has 20 heavy (non-hydrogen) atoms. The Morgan fingerprint density at radius 3 is 2.70 bits per heavy atom. The van der Waals surface area contributed by atoms with Crippen molar-refractivity contribution >= 4 is 5.69 Å². The zero-order valence-corrected chi connectivity index (χ0v) is 12.1. The molecule has 0 amide bonds. The lowest BCUT2D eigenvalue weighted by Gasteiger charge is -2.34. The fraction of sp³-hybridized carbons (Fsp3) is 0.688. The van der Waals surface area contributed by atoms with Gasteiger partial charge in [0, 0.05) is 43.8 Å². The molecule has 2 saturated heterocycles. The van der Waals surface area contributed by atoms with Crippen LogP contribution in [-0.4, -0.2) is 43.4 Å². The molecule has 1 unspecified atom stereocenters. The summed E-state index contributed by atoms with van der Waals surface area (Å²) in [5.41, 5.74) is 1.30. The number of rotatable bonds is 5. The quantitative estimate of drug-likeness (QED) is 0.894. The van der Waals surface area contributed by atoms with Gasteiger partial charge in [0.25, 0.3) is 0 Å². The van der Waals surface area contributed by atoms with Crippen LogP contribution >= 0.6 is 0 Å². The Morgan fingerprint density at radius 1 is 1.20 bits per heavy atom. The first-order valence-corrected chi connectivity index (χ1v) is 7.92. The molecule has 0 aromatic carbocycles. The largest absolute Gasteiger partial charge is 0.378 e. The Labute approximate surface area is 121 Å². The van der Waals surface area contributed by atoms with Gasteiger partial charge < -0.3 is 15.0 Å². The summed E-state index contributed by atoms with van der Waals surface area (Å²) in [5.74, 6) is 0. The molecule has 1 atom stereocenters. The zero-order valence-electron chi connectivity index (χ0n) is 12.1. The minimum absolute atomic E-state index is 0.513. The third kappa shape index (κ3) is 3.70. The number of hydrogen-bond acceptors (Lipinski definition) is 4. The monoisotopic (exact) mass is 275 g/mol. The summed E-state index contributed by atoms with van der Waals surface area (Å²) in [7, 11) is 0. The molecule has 0 saturated carbocycles. The summed E-state index contributed by atoms with van der Waals surface area (Å²) < 4.78 is 5.66. The van der Waals surface area contributed by atoms with E-state index in [1.807, 2.05) is 12.4 Å². The average Bonchev–Trinajstić information content (AvgIpc) is 3.02. The molecule has 4 heteroatoms. The summed E-state index contributed by atoms with van der Waals surface area (Å²) in [4.78, 5) is 6.54. The molecular formula is C16H25N3O. The average molecular weight is 275 g/mol. The molecule has 1 aromatic rings. The van der Waals surface area contributed by atoms with E-state index in [1.165, 1.54) is 37.8 Å². The first kappa shape index (κ1) is 13.8. The van der Waals surface area contributed by atoms with E-state index < -0.39 is 0 Å².